The number of thiocarbonyl (C=S) groups is 1. The van der Waals surface area contributed by atoms with Crippen molar-refractivity contribution in [2.75, 3.05) is 12.4 Å². The van der Waals surface area contributed by atoms with Crippen LogP contribution in [0.4, 0.5) is 5.69 Å². The second-order valence-electron chi connectivity index (χ2n) is 6.41. The van der Waals surface area contributed by atoms with Crippen LogP contribution in [0.15, 0.2) is 84.0 Å². The van der Waals surface area contributed by atoms with E-state index in [-0.39, 0.29) is 0 Å². The van der Waals surface area contributed by atoms with E-state index in [2.05, 4.69) is 15.8 Å². The predicted octanol–water partition coefficient (Wildman–Crippen LogP) is 5.29. The number of esters is 1. The molecule has 0 amide bonds. The molecule has 0 spiro atoms. The van der Waals surface area contributed by atoms with Gasteiger partial charge in [0.15, 0.2) is 16.6 Å². The number of carbonyl (C=O) groups excluding carboxylic acids is 1. The highest BCUT2D eigenvalue weighted by atomic mass is 35.5. The first-order valence-electron chi connectivity index (χ1n) is 9.52. The van der Waals surface area contributed by atoms with Gasteiger partial charge in [-0.2, -0.15) is 5.10 Å². The van der Waals surface area contributed by atoms with Crippen LogP contribution in [0.25, 0.3) is 6.08 Å². The Morgan fingerprint density at radius 3 is 2.56 bits per heavy atom. The zero-order chi connectivity index (χ0) is 22.8. The third-order valence-electron chi connectivity index (χ3n) is 4.07. The Morgan fingerprint density at radius 1 is 1.00 bits per heavy atom. The van der Waals surface area contributed by atoms with Crippen LogP contribution >= 0.6 is 23.8 Å². The molecule has 0 aliphatic carbocycles. The molecule has 0 aliphatic heterocycles. The second-order valence-corrected chi connectivity index (χ2v) is 7.25. The van der Waals surface area contributed by atoms with Crippen LogP contribution in [0.5, 0.6) is 11.5 Å². The van der Waals surface area contributed by atoms with Crippen molar-refractivity contribution >= 4 is 52.9 Å². The first kappa shape index (κ1) is 23.0. The molecule has 6 nitrogen and oxygen atoms in total. The maximum Gasteiger partial charge on any atom is 0.336 e. The van der Waals surface area contributed by atoms with Gasteiger partial charge in [0.05, 0.1) is 13.3 Å². The maximum absolute atomic E-state index is 12.1. The van der Waals surface area contributed by atoms with Crippen molar-refractivity contribution in [3.8, 4) is 11.5 Å². The second kappa shape index (κ2) is 11.6. The molecule has 0 saturated carbocycles. The van der Waals surface area contributed by atoms with Crippen molar-refractivity contribution in [1.82, 2.24) is 5.43 Å². The summed E-state index contributed by atoms with van der Waals surface area (Å²) in [5.74, 6) is 0.196. The molecule has 2 N–H and O–H groups in total. The smallest absolute Gasteiger partial charge is 0.336 e. The molecule has 0 fully saturated rings. The third kappa shape index (κ3) is 7.23. The van der Waals surface area contributed by atoms with Crippen molar-refractivity contribution < 1.29 is 14.3 Å². The normalized spacial score (nSPS) is 10.8. The van der Waals surface area contributed by atoms with Crippen molar-refractivity contribution in [2.45, 2.75) is 0 Å². The van der Waals surface area contributed by atoms with Gasteiger partial charge in [0.25, 0.3) is 0 Å². The van der Waals surface area contributed by atoms with Gasteiger partial charge >= 0.3 is 5.97 Å². The summed E-state index contributed by atoms with van der Waals surface area (Å²) < 4.78 is 10.7. The van der Waals surface area contributed by atoms with Crippen molar-refractivity contribution in [3.63, 3.8) is 0 Å². The first-order valence-corrected chi connectivity index (χ1v) is 10.3. The highest BCUT2D eigenvalue weighted by molar-refractivity contribution is 7.80. The van der Waals surface area contributed by atoms with Crippen molar-refractivity contribution in [2.24, 2.45) is 5.10 Å². The third-order valence-corrected chi connectivity index (χ3v) is 4.50. The fraction of sp³-hybridized carbons (Fsp3) is 0.0417. The number of hydrogen-bond acceptors (Lipinski definition) is 5. The standard InChI is InChI=1S/C24H20ClN3O3S/c1-30-22-14-18(16-26-28-24(32)27-20-9-5-8-19(25)15-20)10-12-21(22)31-23(29)13-11-17-6-3-2-4-7-17/h2-16H,1H3,(H2,27,28,32). The Kier molecular flexibility index (Phi) is 8.36. The Balaban J connectivity index is 1.57. The monoisotopic (exact) mass is 465 g/mol. The number of rotatable bonds is 7. The van der Waals surface area contributed by atoms with E-state index in [1.54, 1.807) is 42.6 Å². The first-order chi connectivity index (χ1) is 15.5. The number of nitrogens with zero attached hydrogens (tertiary/aromatic N) is 1. The van der Waals surface area contributed by atoms with Gasteiger partial charge in [-0.05, 0) is 65.8 Å². The Morgan fingerprint density at radius 2 is 1.81 bits per heavy atom. The molecule has 32 heavy (non-hydrogen) atoms. The van der Waals surface area contributed by atoms with E-state index >= 15 is 0 Å². The zero-order valence-electron chi connectivity index (χ0n) is 17.1. The molecule has 0 radical (unpaired) electrons. The van der Waals surface area contributed by atoms with Crippen molar-refractivity contribution in [3.05, 3.63) is 95.0 Å². The van der Waals surface area contributed by atoms with E-state index in [4.69, 9.17) is 33.3 Å². The number of hydrogen-bond donors (Lipinski definition) is 2. The summed E-state index contributed by atoms with van der Waals surface area (Å²) in [6, 6.07) is 21.7. The number of anilines is 1. The number of nitrogens with one attached hydrogen (secondary N) is 2. The predicted molar refractivity (Wildman–Crippen MR) is 133 cm³/mol. The summed E-state index contributed by atoms with van der Waals surface area (Å²) >= 11 is 11.2. The maximum atomic E-state index is 12.1. The summed E-state index contributed by atoms with van der Waals surface area (Å²) in [7, 11) is 1.50. The summed E-state index contributed by atoms with van der Waals surface area (Å²) in [6.07, 6.45) is 4.61. The lowest BCUT2D eigenvalue weighted by Crippen LogP contribution is -2.23. The molecule has 162 valence electrons. The SMILES string of the molecule is COc1cc(C=NNC(=S)Nc2cccc(Cl)c2)ccc1OC(=O)C=Cc1ccccc1. The lowest BCUT2D eigenvalue weighted by Gasteiger charge is -2.09. The number of benzene rings is 3. The molecule has 0 bridgehead atoms. The summed E-state index contributed by atoms with van der Waals surface area (Å²) in [4.78, 5) is 12.1. The van der Waals surface area contributed by atoms with Gasteiger partial charge in [0.2, 0.25) is 0 Å². The highest BCUT2D eigenvalue weighted by Crippen LogP contribution is 2.27. The van der Waals surface area contributed by atoms with Gasteiger partial charge in [-0.25, -0.2) is 4.79 Å². The average molecular weight is 466 g/mol. The minimum atomic E-state index is -0.507. The van der Waals surface area contributed by atoms with Crippen LogP contribution in [0.3, 0.4) is 0 Å². The van der Waals surface area contributed by atoms with E-state index in [0.717, 1.165) is 16.8 Å². The van der Waals surface area contributed by atoms with Crippen LogP contribution in [0.2, 0.25) is 5.02 Å². The molecule has 8 heteroatoms. The molecule has 3 aromatic rings. The molecule has 0 unspecified atom stereocenters. The van der Waals surface area contributed by atoms with E-state index in [9.17, 15) is 4.79 Å². The minimum absolute atomic E-state index is 0.304. The molecular weight excluding hydrogens is 446 g/mol. The molecule has 0 heterocycles. The number of methoxy groups -OCH3 is 1. The van der Waals surface area contributed by atoms with E-state index < -0.39 is 5.97 Å². The quantitative estimate of drug-likeness (QED) is 0.123. The van der Waals surface area contributed by atoms with E-state index in [0.29, 0.717) is 21.6 Å². The Labute approximate surface area is 196 Å². The highest BCUT2D eigenvalue weighted by Gasteiger charge is 2.09. The number of hydrazone groups is 1. The fourth-order valence-corrected chi connectivity index (χ4v) is 2.97. The summed E-state index contributed by atoms with van der Waals surface area (Å²) in [5, 5.41) is 8.00. The molecular formula is C24H20ClN3O3S. The van der Waals surface area contributed by atoms with Crippen LogP contribution in [0.1, 0.15) is 11.1 Å². The molecule has 3 aromatic carbocycles. The Bertz CT molecular complexity index is 1150. The lowest BCUT2D eigenvalue weighted by molar-refractivity contribution is -0.129. The molecule has 0 aliphatic rings. The molecule has 0 atom stereocenters. The molecule has 0 saturated heterocycles. The van der Waals surface area contributed by atoms with Gasteiger partial charge in [-0.1, -0.05) is 48.0 Å². The average Bonchev–Trinajstić information content (AvgIpc) is 2.79. The van der Waals surface area contributed by atoms with Crippen LogP contribution in [-0.2, 0) is 4.79 Å². The number of carbonyl (C=O) groups is 1. The summed E-state index contributed by atoms with van der Waals surface area (Å²) in [5.41, 5.74) is 5.10. The topological polar surface area (TPSA) is 71.9 Å². The minimum Gasteiger partial charge on any atom is -0.493 e. The number of halogens is 1. The fourth-order valence-electron chi connectivity index (χ4n) is 2.61. The Hall–Kier alpha value is -3.68. The summed E-state index contributed by atoms with van der Waals surface area (Å²) in [6.45, 7) is 0. The number of ether oxygens (including phenoxy) is 2. The van der Waals surface area contributed by atoms with Gasteiger partial charge in [0.1, 0.15) is 0 Å². The van der Waals surface area contributed by atoms with Crippen molar-refractivity contribution in [1.29, 1.82) is 0 Å². The molecule has 3 rings (SSSR count). The largest absolute Gasteiger partial charge is 0.493 e. The van der Waals surface area contributed by atoms with E-state index in [1.165, 1.54) is 13.2 Å². The van der Waals surface area contributed by atoms with Crippen LogP contribution in [-0.4, -0.2) is 24.4 Å². The van der Waals surface area contributed by atoms with Gasteiger partial charge in [-0.15, -0.1) is 0 Å². The van der Waals surface area contributed by atoms with Crippen LogP contribution < -0.4 is 20.2 Å². The van der Waals surface area contributed by atoms with E-state index in [1.807, 2.05) is 42.5 Å². The molecule has 0 aromatic heterocycles. The van der Waals surface area contributed by atoms with Crippen LogP contribution in [0, 0.1) is 0 Å². The van der Waals surface area contributed by atoms with Gasteiger partial charge in [0, 0.05) is 16.8 Å². The zero-order valence-corrected chi connectivity index (χ0v) is 18.7. The lowest BCUT2D eigenvalue weighted by atomic mass is 10.2. The van der Waals surface area contributed by atoms with Gasteiger partial charge < -0.3 is 14.8 Å². The van der Waals surface area contributed by atoms with Gasteiger partial charge in [-0.3, -0.25) is 5.43 Å².